The molecule has 3 atom stereocenters. The van der Waals surface area contributed by atoms with E-state index in [1.54, 1.807) is 0 Å². The van der Waals surface area contributed by atoms with Crippen molar-refractivity contribution in [2.75, 3.05) is 31.2 Å². The van der Waals surface area contributed by atoms with E-state index >= 15 is 0 Å². The van der Waals surface area contributed by atoms with E-state index < -0.39 is 0 Å². The zero-order chi connectivity index (χ0) is 29.0. The average molecular weight is 558 g/mol. The summed E-state index contributed by atoms with van der Waals surface area (Å²) in [5, 5.41) is 9.52. The Bertz CT molecular complexity index is 1210. The number of piperidine rings is 1. The second kappa shape index (κ2) is 12.8. The van der Waals surface area contributed by atoms with E-state index in [9.17, 15) is 5.11 Å². The Morgan fingerprint density at radius 2 is 1.78 bits per heavy atom. The van der Waals surface area contributed by atoms with Crippen molar-refractivity contribution < 1.29 is 14.6 Å². The van der Waals surface area contributed by atoms with Gasteiger partial charge in [0.15, 0.2) is 0 Å². The minimum absolute atomic E-state index is 0.0346. The van der Waals surface area contributed by atoms with Gasteiger partial charge in [-0.15, -0.1) is 0 Å². The van der Waals surface area contributed by atoms with Crippen LogP contribution in [0.3, 0.4) is 0 Å². The van der Waals surface area contributed by atoms with Crippen molar-refractivity contribution >= 4 is 5.69 Å². The summed E-state index contributed by atoms with van der Waals surface area (Å²) >= 11 is 0. The molecule has 0 bridgehead atoms. The van der Waals surface area contributed by atoms with Crippen LogP contribution in [0.25, 0.3) is 0 Å². The molecule has 0 amide bonds. The van der Waals surface area contributed by atoms with Crippen molar-refractivity contribution in [2.24, 2.45) is 11.3 Å². The number of anilines is 1. The molecule has 222 valence electrons. The van der Waals surface area contributed by atoms with Crippen LogP contribution in [0.4, 0.5) is 5.69 Å². The van der Waals surface area contributed by atoms with Gasteiger partial charge in [0.25, 0.3) is 0 Å². The second-order valence-electron chi connectivity index (χ2n) is 13.3. The summed E-state index contributed by atoms with van der Waals surface area (Å²) in [6, 6.07) is 16.3. The molecule has 2 aliphatic heterocycles. The molecule has 6 rings (SSSR count). The maximum atomic E-state index is 9.52. The predicted molar refractivity (Wildman–Crippen MR) is 170 cm³/mol. The summed E-state index contributed by atoms with van der Waals surface area (Å²) in [6.45, 7) is 13.4. The number of ether oxygens (including phenoxy) is 2. The molecular formula is C37H51NO3. The molecular weight excluding hydrogens is 506 g/mol. The highest BCUT2D eigenvalue weighted by Gasteiger charge is 2.42. The van der Waals surface area contributed by atoms with Crippen molar-refractivity contribution in [1.82, 2.24) is 0 Å². The number of aliphatic hydroxyl groups is 1. The van der Waals surface area contributed by atoms with E-state index in [2.05, 4.69) is 86.4 Å². The highest BCUT2D eigenvalue weighted by atomic mass is 16.5. The number of hydrogen-bond donors (Lipinski definition) is 1. The van der Waals surface area contributed by atoms with E-state index in [1.807, 2.05) is 13.8 Å². The lowest BCUT2D eigenvalue weighted by Crippen LogP contribution is -2.40. The summed E-state index contributed by atoms with van der Waals surface area (Å²) < 4.78 is 12.1. The van der Waals surface area contributed by atoms with Gasteiger partial charge in [0.1, 0.15) is 11.4 Å². The maximum Gasteiger partial charge on any atom is 0.120 e. The Hall–Kier alpha value is -2.56. The van der Waals surface area contributed by atoms with Crippen LogP contribution in [0.1, 0.15) is 95.8 Å². The number of rotatable bonds is 5. The number of aliphatic hydroxyl groups excluding tert-OH is 1. The first kappa shape index (κ1) is 29.9. The Balaban J connectivity index is 0.00000165. The van der Waals surface area contributed by atoms with E-state index in [4.69, 9.17) is 9.47 Å². The third-order valence-corrected chi connectivity index (χ3v) is 9.38. The normalized spacial score (nSPS) is 25.3. The van der Waals surface area contributed by atoms with Gasteiger partial charge >= 0.3 is 0 Å². The van der Waals surface area contributed by atoms with Crippen LogP contribution < -0.4 is 9.64 Å². The highest BCUT2D eigenvalue weighted by Crippen LogP contribution is 2.47. The third-order valence-electron chi connectivity index (χ3n) is 9.38. The lowest BCUT2D eigenvalue weighted by Gasteiger charge is -2.40. The molecule has 0 aromatic heterocycles. The minimum Gasteiger partial charge on any atom is -0.488 e. The van der Waals surface area contributed by atoms with Crippen molar-refractivity contribution in [3.05, 3.63) is 83.0 Å². The first-order valence-electron chi connectivity index (χ1n) is 16.1. The molecule has 0 radical (unpaired) electrons. The maximum absolute atomic E-state index is 9.52. The third kappa shape index (κ3) is 6.75. The van der Waals surface area contributed by atoms with Gasteiger partial charge in [-0.25, -0.2) is 0 Å². The van der Waals surface area contributed by atoms with E-state index in [1.165, 1.54) is 34.4 Å². The molecule has 2 fully saturated rings. The van der Waals surface area contributed by atoms with Crippen molar-refractivity contribution in [3.8, 4) is 5.75 Å². The van der Waals surface area contributed by atoms with Gasteiger partial charge in [0.2, 0.25) is 0 Å². The molecule has 4 aliphatic rings. The molecule has 2 heterocycles. The molecule has 0 saturated carbocycles. The Kier molecular flexibility index (Phi) is 9.30. The molecule has 2 aromatic rings. The minimum atomic E-state index is -0.197. The Morgan fingerprint density at radius 3 is 2.41 bits per heavy atom. The lowest BCUT2D eigenvalue weighted by molar-refractivity contribution is 0.0506. The van der Waals surface area contributed by atoms with Crippen LogP contribution in [-0.4, -0.2) is 43.1 Å². The lowest BCUT2D eigenvalue weighted by atomic mass is 9.68. The van der Waals surface area contributed by atoms with Crippen LogP contribution >= 0.6 is 0 Å². The van der Waals surface area contributed by atoms with Gasteiger partial charge in [0, 0.05) is 24.7 Å². The standard InChI is InChI=1S/C35H45NO3.C2H6/c1-34(2,3)39-29-14-16-32-27(21-29)11-15-31(25-7-5-4-6-8-25)33(32)26-9-12-28(13-10-26)36-19-17-35(18-20-36)22-30(23-37)38-24-35;1-2/h5,7-10,12-14,16,21,30-31,33,37H,4,6,11,15,17-20,22-24H2,1-3H3;1-2H3. The number of nitrogens with zero attached hydrogens (tertiary/aromatic N) is 1. The quantitative estimate of drug-likeness (QED) is 0.402. The summed E-state index contributed by atoms with van der Waals surface area (Å²) in [4.78, 5) is 2.54. The van der Waals surface area contributed by atoms with Crippen LogP contribution in [0.5, 0.6) is 5.75 Å². The molecule has 4 heteroatoms. The van der Waals surface area contributed by atoms with Gasteiger partial charge in [-0.2, -0.15) is 0 Å². The van der Waals surface area contributed by atoms with Gasteiger partial charge in [-0.1, -0.05) is 50.3 Å². The largest absolute Gasteiger partial charge is 0.488 e. The Morgan fingerprint density at radius 1 is 1.02 bits per heavy atom. The smallest absolute Gasteiger partial charge is 0.120 e. The summed E-state index contributed by atoms with van der Waals surface area (Å²) in [5.41, 5.74) is 7.21. The van der Waals surface area contributed by atoms with E-state index in [-0.39, 0.29) is 23.7 Å². The van der Waals surface area contributed by atoms with Crippen molar-refractivity contribution in [1.29, 1.82) is 0 Å². The number of benzene rings is 2. The molecule has 2 saturated heterocycles. The molecule has 2 aliphatic carbocycles. The summed E-state index contributed by atoms with van der Waals surface area (Å²) in [5.74, 6) is 1.84. The van der Waals surface area contributed by atoms with Crippen LogP contribution in [-0.2, 0) is 11.2 Å². The predicted octanol–water partition coefficient (Wildman–Crippen LogP) is 8.23. The fraction of sp³-hybridized carbons (Fsp3) is 0.568. The number of fused-ring (bicyclic) bond motifs is 1. The fourth-order valence-corrected chi connectivity index (χ4v) is 7.39. The average Bonchev–Trinajstić information content (AvgIpc) is 3.40. The van der Waals surface area contributed by atoms with E-state index in [0.29, 0.717) is 11.8 Å². The number of hydrogen-bond acceptors (Lipinski definition) is 4. The number of aryl methyl sites for hydroxylation is 1. The fourth-order valence-electron chi connectivity index (χ4n) is 7.39. The highest BCUT2D eigenvalue weighted by molar-refractivity contribution is 5.53. The van der Waals surface area contributed by atoms with E-state index in [0.717, 1.165) is 64.0 Å². The molecule has 3 unspecified atom stereocenters. The summed E-state index contributed by atoms with van der Waals surface area (Å²) in [6.07, 6.45) is 15.1. The van der Waals surface area contributed by atoms with Crippen molar-refractivity contribution in [3.63, 3.8) is 0 Å². The number of allylic oxidation sites excluding steroid dienone is 4. The zero-order valence-electron chi connectivity index (χ0n) is 26.0. The molecule has 4 nitrogen and oxygen atoms in total. The van der Waals surface area contributed by atoms with Gasteiger partial charge < -0.3 is 19.5 Å². The summed E-state index contributed by atoms with van der Waals surface area (Å²) in [7, 11) is 0. The van der Waals surface area contributed by atoms with Crippen LogP contribution in [0.15, 0.2) is 66.3 Å². The zero-order valence-corrected chi connectivity index (χ0v) is 26.0. The van der Waals surface area contributed by atoms with Gasteiger partial charge in [-0.05, 0) is 124 Å². The van der Waals surface area contributed by atoms with Gasteiger partial charge in [-0.3, -0.25) is 0 Å². The first-order chi connectivity index (χ1) is 19.8. The topological polar surface area (TPSA) is 41.9 Å². The monoisotopic (exact) mass is 557 g/mol. The van der Waals surface area contributed by atoms with Crippen molar-refractivity contribution in [2.45, 2.75) is 97.2 Å². The van der Waals surface area contributed by atoms with Gasteiger partial charge in [0.05, 0.1) is 19.3 Å². The first-order valence-corrected chi connectivity index (χ1v) is 16.1. The Labute approximate surface area is 248 Å². The molecule has 2 aromatic carbocycles. The molecule has 1 N–H and O–H groups in total. The van der Waals surface area contributed by atoms with Crippen LogP contribution in [0.2, 0.25) is 0 Å². The molecule has 1 spiro atoms. The van der Waals surface area contributed by atoms with Crippen LogP contribution in [0, 0.1) is 11.3 Å². The second-order valence-corrected chi connectivity index (χ2v) is 13.3. The SMILES string of the molecule is CC.CC(C)(C)Oc1ccc2c(c1)CCC(C1=CCCC=C1)C2c1ccc(N2CCC3(CC2)COC(CO)C3)cc1. The molecule has 41 heavy (non-hydrogen) atoms.